The van der Waals surface area contributed by atoms with Crippen molar-refractivity contribution in [3.63, 3.8) is 0 Å². The molecule has 1 saturated carbocycles. The van der Waals surface area contributed by atoms with Crippen LogP contribution < -0.4 is 5.32 Å². The van der Waals surface area contributed by atoms with E-state index in [1.807, 2.05) is 11.3 Å². The Hall–Kier alpha value is -0.340. The lowest BCUT2D eigenvalue weighted by atomic mass is 9.80. The van der Waals surface area contributed by atoms with Crippen molar-refractivity contribution < 1.29 is 0 Å². The summed E-state index contributed by atoms with van der Waals surface area (Å²) in [6.45, 7) is 10.3. The largest absolute Gasteiger partial charge is 0.309 e. The van der Waals surface area contributed by atoms with Crippen molar-refractivity contribution >= 4 is 11.3 Å². The van der Waals surface area contributed by atoms with E-state index in [1.165, 1.54) is 34.6 Å². The fourth-order valence-corrected chi connectivity index (χ4v) is 3.79. The van der Waals surface area contributed by atoms with E-state index in [4.69, 9.17) is 0 Å². The zero-order chi connectivity index (χ0) is 12.4. The molecule has 1 aromatic heterocycles. The molecule has 1 fully saturated rings. The predicted molar refractivity (Wildman–Crippen MR) is 76.6 cm³/mol. The first-order valence-electron chi connectivity index (χ1n) is 6.85. The molecule has 0 aliphatic heterocycles. The third kappa shape index (κ3) is 3.32. The second-order valence-corrected chi connectivity index (χ2v) is 7.18. The van der Waals surface area contributed by atoms with Gasteiger partial charge in [-0.15, -0.1) is 11.3 Å². The van der Waals surface area contributed by atoms with Gasteiger partial charge in [0, 0.05) is 22.3 Å². The van der Waals surface area contributed by atoms with E-state index >= 15 is 0 Å². The highest BCUT2D eigenvalue weighted by Crippen LogP contribution is 2.29. The van der Waals surface area contributed by atoms with E-state index in [0.717, 1.165) is 24.4 Å². The van der Waals surface area contributed by atoms with E-state index in [-0.39, 0.29) is 0 Å². The first-order chi connectivity index (χ1) is 8.06. The number of aryl methyl sites for hydroxylation is 2. The van der Waals surface area contributed by atoms with E-state index < -0.39 is 0 Å². The van der Waals surface area contributed by atoms with E-state index in [2.05, 4.69) is 39.1 Å². The average molecular weight is 251 g/mol. The maximum atomic E-state index is 3.77. The molecule has 0 spiro atoms. The minimum absolute atomic E-state index is 0.724. The van der Waals surface area contributed by atoms with Crippen LogP contribution in [0.5, 0.6) is 0 Å². The van der Waals surface area contributed by atoms with E-state index in [0.29, 0.717) is 0 Å². The molecule has 17 heavy (non-hydrogen) atoms. The number of rotatable bonds is 3. The van der Waals surface area contributed by atoms with Crippen LogP contribution in [0.3, 0.4) is 0 Å². The van der Waals surface area contributed by atoms with Gasteiger partial charge in [0.15, 0.2) is 0 Å². The summed E-state index contributed by atoms with van der Waals surface area (Å²) < 4.78 is 0. The lowest BCUT2D eigenvalue weighted by Gasteiger charge is -2.33. The van der Waals surface area contributed by atoms with Crippen LogP contribution >= 0.6 is 11.3 Å². The summed E-state index contributed by atoms with van der Waals surface area (Å²) in [4.78, 5) is 2.96. The van der Waals surface area contributed by atoms with Crippen LogP contribution in [0, 0.1) is 25.7 Å². The highest BCUT2D eigenvalue weighted by atomic mass is 32.1. The maximum Gasteiger partial charge on any atom is 0.0302 e. The molecule has 0 aromatic carbocycles. The van der Waals surface area contributed by atoms with Gasteiger partial charge in [-0.3, -0.25) is 0 Å². The van der Waals surface area contributed by atoms with Gasteiger partial charge in [-0.2, -0.15) is 0 Å². The first kappa shape index (κ1) is 13.1. The Kier molecular flexibility index (Phi) is 4.26. The lowest BCUT2D eigenvalue weighted by molar-refractivity contribution is 0.228. The van der Waals surface area contributed by atoms with Crippen molar-refractivity contribution in [2.45, 2.75) is 59.5 Å². The van der Waals surface area contributed by atoms with E-state index in [1.54, 1.807) is 0 Å². The molecule has 3 unspecified atom stereocenters. The zero-order valence-corrected chi connectivity index (χ0v) is 12.4. The Morgan fingerprint density at radius 2 is 2.06 bits per heavy atom. The van der Waals surface area contributed by atoms with Gasteiger partial charge >= 0.3 is 0 Å². The van der Waals surface area contributed by atoms with Crippen molar-refractivity contribution in [3.8, 4) is 0 Å². The number of thiophene rings is 1. The van der Waals surface area contributed by atoms with Gasteiger partial charge in [-0.1, -0.05) is 20.3 Å². The standard InChI is InChI=1S/C15H25NS/c1-10-5-6-11(2)15(7-10)16-9-14-8-12(3)13(4)17-14/h8,10-11,15-16H,5-7,9H2,1-4H3. The molecule has 1 nitrogen and oxygen atoms in total. The molecular formula is C15H25NS. The molecule has 96 valence electrons. The molecule has 3 atom stereocenters. The first-order valence-corrected chi connectivity index (χ1v) is 7.67. The van der Waals surface area contributed by atoms with Crippen LogP contribution in [0.1, 0.15) is 48.4 Å². The number of hydrogen-bond donors (Lipinski definition) is 1. The molecular weight excluding hydrogens is 226 g/mol. The SMILES string of the molecule is Cc1cc(CNC2CC(C)CCC2C)sc1C. The molecule has 0 amide bonds. The molecule has 1 aromatic rings. The van der Waals surface area contributed by atoms with E-state index in [9.17, 15) is 0 Å². The normalized spacial score (nSPS) is 29.5. The monoisotopic (exact) mass is 251 g/mol. The van der Waals surface area contributed by atoms with Crippen molar-refractivity contribution in [1.82, 2.24) is 5.32 Å². The highest BCUT2D eigenvalue weighted by molar-refractivity contribution is 7.12. The molecule has 0 radical (unpaired) electrons. The Morgan fingerprint density at radius 3 is 2.71 bits per heavy atom. The quantitative estimate of drug-likeness (QED) is 0.845. The van der Waals surface area contributed by atoms with Gasteiger partial charge in [0.1, 0.15) is 0 Å². The van der Waals surface area contributed by atoms with Gasteiger partial charge in [0.2, 0.25) is 0 Å². The van der Waals surface area contributed by atoms with Gasteiger partial charge in [0.25, 0.3) is 0 Å². The Bertz CT molecular complexity index is 349. The maximum absolute atomic E-state index is 3.77. The highest BCUT2D eigenvalue weighted by Gasteiger charge is 2.24. The minimum Gasteiger partial charge on any atom is -0.309 e. The molecule has 0 saturated heterocycles. The van der Waals surface area contributed by atoms with Crippen LogP contribution in [0.4, 0.5) is 0 Å². The summed E-state index contributed by atoms with van der Waals surface area (Å²) in [5.41, 5.74) is 1.44. The average Bonchev–Trinajstić information content (AvgIpc) is 2.60. The predicted octanol–water partition coefficient (Wildman–Crippen LogP) is 4.28. The summed E-state index contributed by atoms with van der Waals surface area (Å²) in [6, 6.07) is 3.06. The van der Waals surface area contributed by atoms with Crippen LogP contribution in [0.2, 0.25) is 0 Å². The Balaban J connectivity index is 1.88. The number of nitrogens with one attached hydrogen (secondary N) is 1. The van der Waals surface area contributed by atoms with Crippen LogP contribution in [-0.4, -0.2) is 6.04 Å². The lowest BCUT2D eigenvalue weighted by Crippen LogP contribution is -2.38. The molecule has 2 rings (SSSR count). The third-order valence-corrected chi connectivity index (χ3v) is 5.37. The summed E-state index contributed by atoms with van der Waals surface area (Å²) in [5, 5.41) is 3.77. The second kappa shape index (κ2) is 5.53. The van der Waals surface area contributed by atoms with Gasteiger partial charge in [-0.05, 0) is 50.2 Å². The van der Waals surface area contributed by atoms with Crippen molar-refractivity contribution in [1.29, 1.82) is 0 Å². The van der Waals surface area contributed by atoms with Crippen molar-refractivity contribution in [2.75, 3.05) is 0 Å². The van der Waals surface area contributed by atoms with Crippen molar-refractivity contribution in [2.24, 2.45) is 11.8 Å². The summed E-state index contributed by atoms with van der Waals surface area (Å²) in [6.07, 6.45) is 4.16. The molecule has 0 bridgehead atoms. The van der Waals surface area contributed by atoms with Crippen LogP contribution in [0.15, 0.2) is 6.07 Å². The summed E-state index contributed by atoms with van der Waals surface area (Å²) in [7, 11) is 0. The van der Waals surface area contributed by atoms with Crippen molar-refractivity contribution in [3.05, 3.63) is 21.4 Å². The fraction of sp³-hybridized carbons (Fsp3) is 0.733. The molecule has 1 aliphatic rings. The van der Waals surface area contributed by atoms with Crippen LogP contribution in [-0.2, 0) is 6.54 Å². The van der Waals surface area contributed by atoms with Gasteiger partial charge in [-0.25, -0.2) is 0 Å². The summed E-state index contributed by atoms with van der Waals surface area (Å²) >= 11 is 1.94. The minimum atomic E-state index is 0.724. The number of hydrogen-bond acceptors (Lipinski definition) is 2. The Labute approximate surface area is 110 Å². The smallest absolute Gasteiger partial charge is 0.0302 e. The summed E-state index contributed by atoms with van der Waals surface area (Å²) in [5.74, 6) is 1.74. The Morgan fingerprint density at radius 1 is 1.29 bits per heavy atom. The third-order valence-electron chi connectivity index (χ3n) is 4.21. The molecule has 1 aliphatic carbocycles. The van der Waals surface area contributed by atoms with Gasteiger partial charge in [0.05, 0.1) is 0 Å². The molecule has 1 heterocycles. The zero-order valence-electron chi connectivity index (χ0n) is 11.5. The van der Waals surface area contributed by atoms with Gasteiger partial charge < -0.3 is 5.32 Å². The fourth-order valence-electron chi connectivity index (χ4n) is 2.79. The topological polar surface area (TPSA) is 12.0 Å². The molecule has 2 heteroatoms. The molecule has 1 N–H and O–H groups in total. The van der Waals surface area contributed by atoms with Crippen LogP contribution in [0.25, 0.3) is 0 Å². The second-order valence-electron chi connectivity index (χ2n) is 5.83.